The molecule has 0 radical (unpaired) electrons. The van der Waals surface area contributed by atoms with Crippen LogP contribution in [0, 0.1) is 5.92 Å². The molecule has 0 saturated heterocycles. The van der Waals surface area contributed by atoms with Crippen molar-refractivity contribution in [2.75, 3.05) is 7.11 Å². The highest BCUT2D eigenvalue weighted by molar-refractivity contribution is 6.45. The van der Waals surface area contributed by atoms with E-state index >= 15 is 0 Å². The zero-order valence-corrected chi connectivity index (χ0v) is 10.8. The van der Waals surface area contributed by atoms with Gasteiger partial charge in [0.05, 0.1) is 7.11 Å². The van der Waals surface area contributed by atoms with E-state index in [0.29, 0.717) is 19.3 Å². The zero-order chi connectivity index (χ0) is 12.2. The van der Waals surface area contributed by atoms with Crippen LogP contribution in [0.25, 0.3) is 0 Å². The van der Waals surface area contributed by atoms with Crippen LogP contribution < -0.4 is 10.3 Å². The summed E-state index contributed by atoms with van der Waals surface area (Å²) >= 11 is 0. The minimum absolute atomic E-state index is 0.134. The third-order valence-electron chi connectivity index (χ3n) is 2.97. The van der Waals surface area contributed by atoms with Crippen molar-refractivity contribution >= 4 is 13.1 Å². The SMILES string of the molecule is COc1cccc(BOC(C)(C)C(C)C)n1. The third kappa shape index (κ3) is 3.52. The summed E-state index contributed by atoms with van der Waals surface area (Å²) in [6.07, 6.45) is 0. The predicted molar refractivity (Wildman–Crippen MR) is 67.6 cm³/mol. The number of methoxy groups -OCH3 is 1. The van der Waals surface area contributed by atoms with E-state index in [9.17, 15) is 0 Å². The lowest BCUT2D eigenvalue weighted by Gasteiger charge is -2.29. The number of rotatable bonds is 5. The highest BCUT2D eigenvalue weighted by Crippen LogP contribution is 2.19. The molecule has 1 aromatic rings. The standard InChI is InChI=1S/C12H20BNO2/c1-9(2)12(3,4)16-13-10-7-6-8-11(14-10)15-5/h6-9,13H,1-5H3. The van der Waals surface area contributed by atoms with Crippen molar-refractivity contribution in [2.24, 2.45) is 5.92 Å². The Hall–Kier alpha value is -1.03. The number of ether oxygens (including phenoxy) is 1. The largest absolute Gasteiger partial charge is 0.481 e. The molecule has 0 amide bonds. The maximum absolute atomic E-state index is 5.86. The highest BCUT2D eigenvalue weighted by Gasteiger charge is 2.23. The molecule has 88 valence electrons. The van der Waals surface area contributed by atoms with Crippen molar-refractivity contribution in [3.63, 3.8) is 0 Å². The fourth-order valence-electron chi connectivity index (χ4n) is 1.08. The maximum atomic E-state index is 5.86. The summed E-state index contributed by atoms with van der Waals surface area (Å²) in [6.45, 7) is 8.49. The number of aromatic nitrogens is 1. The summed E-state index contributed by atoms with van der Waals surface area (Å²) in [6, 6.07) is 5.70. The van der Waals surface area contributed by atoms with Gasteiger partial charge in [-0.15, -0.1) is 0 Å². The fourth-order valence-corrected chi connectivity index (χ4v) is 1.08. The van der Waals surface area contributed by atoms with Crippen molar-refractivity contribution in [3.05, 3.63) is 18.2 Å². The Labute approximate surface area is 98.5 Å². The third-order valence-corrected chi connectivity index (χ3v) is 2.97. The van der Waals surface area contributed by atoms with E-state index in [1.165, 1.54) is 0 Å². The summed E-state index contributed by atoms with van der Waals surface area (Å²) in [5.74, 6) is 1.10. The van der Waals surface area contributed by atoms with Crippen LogP contribution in [-0.4, -0.2) is 25.2 Å². The van der Waals surface area contributed by atoms with Crippen molar-refractivity contribution in [2.45, 2.75) is 33.3 Å². The van der Waals surface area contributed by atoms with Crippen molar-refractivity contribution in [1.29, 1.82) is 0 Å². The molecular formula is C12H20BNO2. The van der Waals surface area contributed by atoms with Crippen LogP contribution in [0.3, 0.4) is 0 Å². The zero-order valence-electron chi connectivity index (χ0n) is 10.8. The molecule has 1 aromatic heterocycles. The predicted octanol–water partition coefficient (Wildman–Crippen LogP) is 1.52. The van der Waals surface area contributed by atoms with E-state index < -0.39 is 0 Å². The topological polar surface area (TPSA) is 31.4 Å². The molecule has 0 aromatic carbocycles. The Morgan fingerprint density at radius 3 is 2.56 bits per heavy atom. The molecule has 0 fully saturated rings. The minimum atomic E-state index is -0.134. The summed E-state index contributed by atoms with van der Waals surface area (Å²) < 4.78 is 10.9. The second-order valence-corrected chi connectivity index (χ2v) is 4.72. The second kappa shape index (κ2) is 5.35. The van der Waals surface area contributed by atoms with Gasteiger partial charge < -0.3 is 9.39 Å². The van der Waals surface area contributed by atoms with Crippen LogP contribution in [0.1, 0.15) is 27.7 Å². The van der Waals surface area contributed by atoms with Crippen LogP contribution >= 0.6 is 0 Å². The van der Waals surface area contributed by atoms with E-state index in [1.807, 2.05) is 18.2 Å². The summed E-state index contributed by atoms with van der Waals surface area (Å²) in [7, 11) is 2.13. The van der Waals surface area contributed by atoms with Crippen LogP contribution in [0.2, 0.25) is 0 Å². The number of pyridine rings is 1. The molecule has 0 atom stereocenters. The normalized spacial score (nSPS) is 11.6. The van der Waals surface area contributed by atoms with Crippen LogP contribution in [0.5, 0.6) is 5.88 Å². The first kappa shape index (κ1) is 13.0. The van der Waals surface area contributed by atoms with Gasteiger partial charge in [-0.2, -0.15) is 0 Å². The van der Waals surface area contributed by atoms with Gasteiger partial charge in [-0.25, -0.2) is 4.98 Å². The molecular weight excluding hydrogens is 201 g/mol. The van der Waals surface area contributed by atoms with Gasteiger partial charge in [0.1, 0.15) is 0 Å². The van der Waals surface area contributed by atoms with Gasteiger partial charge >= 0.3 is 7.48 Å². The van der Waals surface area contributed by atoms with E-state index in [2.05, 4.69) is 32.7 Å². The molecule has 0 bridgehead atoms. The molecule has 3 nitrogen and oxygen atoms in total. The van der Waals surface area contributed by atoms with Gasteiger partial charge in [-0.05, 0) is 25.8 Å². The van der Waals surface area contributed by atoms with Crippen molar-refractivity contribution < 1.29 is 9.39 Å². The van der Waals surface area contributed by atoms with E-state index in [-0.39, 0.29) is 5.60 Å². The molecule has 0 spiro atoms. The first-order valence-corrected chi connectivity index (χ1v) is 5.59. The molecule has 0 saturated carbocycles. The first-order valence-electron chi connectivity index (χ1n) is 5.59. The molecule has 0 aliphatic heterocycles. The van der Waals surface area contributed by atoms with Crippen LogP contribution in [-0.2, 0) is 4.65 Å². The summed E-state index contributed by atoms with van der Waals surface area (Å²) in [5.41, 5.74) is 0.762. The van der Waals surface area contributed by atoms with E-state index in [4.69, 9.17) is 9.39 Å². The lowest BCUT2D eigenvalue weighted by atomic mass is 9.88. The molecule has 1 rings (SSSR count). The van der Waals surface area contributed by atoms with Gasteiger partial charge in [0.25, 0.3) is 0 Å². The summed E-state index contributed by atoms with van der Waals surface area (Å²) in [5, 5.41) is 0. The van der Waals surface area contributed by atoms with Gasteiger partial charge in [-0.3, -0.25) is 0 Å². The van der Waals surface area contributed by atoms with E-state index in [1.54, 1.807) is 7.11 Å². The van der Waals surface area contributed by atoms with Gasteiger partial charge in [0, 0.05) is 17.3 Å². The minimum Gasteiger partial charge on any atom is -0.481 e. The lowest BCUT2D eigenvalue weighted by Crippen LogP contribution is -2.36. The molecule has 0 aliphatic rings. The Morgan fingerprint density at radius 1 is 1.31 bits per heavy atom. The molecule has 1 heterocycles. The number of hydrogen-bond donors (Lipinski definition) is 0. The first-order chi connectivity index (χ1) is 7.45. The van der Waals surface area contributed by atoms with Gasteiger partial charge in [-0.1, -0.05) is 19.9 Å². The Bertz CT molecular complexity index is 340. The molecule has 0 aliphatic carbocycles. The molecule has 16 heavy (non-hydrogen) atoms. The smallest absolute Gasteiger partial charge is 0.329 e. The van der Waals surface area contributed by atoms with Crippen LogP contribution in [0.4, 0.5) is 0 Å². The number of hydrogen-bond acceptors (Lipinski definition) is 3. The monoisotopic (exact) mass is 221 g/mol. The molecule has 0 N–H and O–H groups in total. The van der Waals surface area contributed by atoms with Gasteiger partial charge in [0.15, 0.2) is 0 Å². The molecule has 4 heteroatoms. The Kier molecular flexibility index (Phi) is 4.36. The van der Waals surface area contributed by atoms with Gasteiger partial charge in [0.2, 0.25) is 5.88 Å². The summed E-state index contributed by atoms with van der Waals surface area (Å²) in [4.78, 5) is 4.31. The average molecular weight is 221 g/mol. The maximum Gasteiger partial charge on any atom is 0.329 e. The Morgan fingerprint density at radius 2 is 2.00 bits per heavy atom. The highest BCUT2D eigenvalue weighted by atomic mass is 16.5. The van der Waals surface area contributed by atoms with Crippen molar-refractivity contribution in [1.82, 2.24) is 4.98 Å². The van der Waals surface area contributed by atoms with Crippen molar-refractivity contribution in [3.8, 4) is 5.88 Å². The molecule has 0 unspecified atom stereocenters. The second-order valence-electron chi connectivity index (χ2n) is 4.72. The van der Waals surface area contributed by atoms with Crippen LogP contribution in [0.15, 0.2) is 18.2 Å². The lowest BCUT2D eigenvalue weighted by molar-refractivity contribution is 0.0666. The number of nitrogens with zero attached hydrogens (tertiary/aromatic N) is 1. The average Bonchev–Trinajstić information content (AvgIpc) is 2.26. The fraction of sp³-hybridized carbons (Fsp3) is 0.583. The quantitative estimate of drug-likeness (QED) is 0.706. The van der Waals surface area contributed by atoms with E-state index in [0.717, 1.165) is 5.59 Å². The Balaban J connectivity index is 2.60.